The first-order chi connectivity index (χ1) is 12.1. The standard InChI is InChI=1S/C18H18N2O3S2/c1-4-23-18(21)11(2)25-17-15-14(9-24-16(15)19-10-20-17)12-5-7-13(22-3)8-6-12/h5-11H,4H2,1-3H3. The van der Waals surface area contributed by atoms with Crippen LogP contribution in [0.3, 0.4) is 0 Å². The van der Waals surface area contributed by atoms with E-state index in [0.29, 0.717) is 6.61 Å². The molecule has 0 saturated carbocycles. The van der Waals surface area contributed by atoms with Gasteiger partial charge in [-0.25, -0.2) is 9.97 Å². The van der Waals surface area contributed by atoms with Gasteiger partial charge >= 0.3 is 5.97 Å². The first kappa shape index (κ1) is 17.7. The number of fused-ring (bicyclic) bond motifs is 1. The molecule has 1 aromatic carbocycles. The van der Waals surface area contributed by atoms with Gasteiger partial charge in [0.2, 0.25) is 0 Å². The van der Waals surface area contributed by atoms with Gasteiger partial charge in [0, 0.05) is 10.9 Å². The van der Waals surface area contributed by atoms with E-state index in [1.165, 1.54) is 18.1 Å². The number of hydrogen-bond acceptors (Lipinski definition) is 7. The first-order valence-corrected chi connectivity index (χ1v) is 9.60. The van der Waals surface area contributed by atoms with Crippen molar-refractivity contribution >= 4 is 39.3 Å². The summed E-state index contributed by atoms with van der Waals surface area (Å²) >= 11 is 2.97. The van der Waals surface area contributed by atoms with Crippen molar-refractivity contribution in [2.45, 2.75) is 24.1 Å². The van der Waals surface area contributed by atoms with Gasteiger partial charge in [0.25, 0.3) is 0 Å². The van der Waals surface area contributed by atoms with Crippen molar-refractivity contribution in [3.05, 3.63) is 36.0 Å². The summed E-state index contributed by atoms with van der Waals surface area (Å²) in [5.74, 6) is 0.575. The average Bonchev–Trinajstić information content (AvgIpc) is 3.07. The Morgan fingerprint density at radius 3 is 2.72 bits per heavy atom. The van der Waals surface area contributed by atoms with Gasteiger partial charge in [-0.15, -0.1) is 11.3 Å². The molecule has 0 N–H and O–H groups in total. The van der Waals surface area contributed by atoms with Crippen LogP contribution in [0.25, 0.3) is 21.3 Å². The summed E-state index contributed by atoms with van der Waals surface area (Å²) in [6.45, 7) is 4.01. The van der Waals surface area contributed by atoms with Gasteiger partial charge in [-0.05, 0) is 31.5 Å². The van der Waals surface area contributed by atoms with Gasteiger partial charge in [-0.1, -0.05) is 23.9 Å². The quantitative estimate of drug-likeness (QED) is 0.362. The highest BCUT2D eigenvalue weighted by molar-refractivity contribution is 8.00. The highest BCUT2D eigenvalue weighted by atomic mass is 32.2. The molecular formula is C18H18N2O3S2. The zero-order valence-electron chi connectivity index (χ0n) is 14.2. The Balaban J connectivity index is 1.99. The lowest BCUT2D eigenvalue weighted by Crippen LogP contribution is -2.16. The molecular weight excluding hydrogens is 356 g/mol. The number of methoxy groups -OCH3 is 1. The molecule has 0 aliphatic carbocycles. The molecule has 0 saturated heterocycles. The summed E-state index contributed by atoms with van der Waals surface area (Å²) in [7, 11) is 1.65. The highest BCUT2D eigenvalue weighted by Crippen LogP contribution is 2.39. The molecule has 25 heavy (non-hydrogen) atoms. The minimum Gasteiger partial charge on any atom is -0.497 e. The highest BCUT2D eigenvalue weighted by Gasteiger charge is 2.20. The third-order valence-electron chi connectivity index (χ3n) is 3.64. The Labute approximate surface area is 154 Å². The molecule has 1 unspecified atom stereocenters. The lowest BCUT2D eigenvalue weighted by molar-refractivity contribution is -0.142. The number of ether oxygens (including phenoxy) is 2. The number of carbonyl (C=O) groups is 1. The van der Waals surface area contributed by atoms with Crippen LogP contribution in [-0.4, -0.2) is 34.9 Å². The van der Waals surface area contributed by atoms with Crippen molar-refractivity contribution in [1.82, 2.24) is 9.97 Å². The van der Waals surface area contributed by atoms with Gasteiger partial charge in [0.15, 0.2) is 0 Å². The molecule has 3 aromatic rings. The molecule has 0 amide bonds. The van der Waals surface area contributed by atoms with E-state index in [1.807, 2.05) is 31.2 Å². The first-order valence-electron chi connectivity index (χ1n) is 7.84. The summed E-state index contributed by atoms with van der Waals surface area (Å²) < 4.78 is 10.3. The van der Waals surface area contributed by atoms with Gasteiger partial charge in [-0.3, -0.25) is 4.79 Å². The van der Waals surface area contributed by atoms with Crippen LogP contribution in [0.15, 0.2) is 41.0 Å². The molecule has 0 bridgehead atoms. The normalized spacial score (nSPS) is 12.1. The van der Waals surface area contributed by atoms with Crippen molar-refractivity contribution in [3.63, 3.8) is 0 Å². The van der Waals surface area contributed by atoms with Crippen LogP contribution in [0.4, 0.5) is 0 Å². The van der Waals surface area contributed by atoms with E-state index in [9.17, 15) is 4.79 Å². The molecule has 0 radical (unpaired) electrons. The van der Waals surface area contributed by atoms with Crippen LogP contribution in [0.2, 0.25) is 0 Å². The van der Waals surface area contributed by atoms with E-state index in [4.69, 9.17) is 9.47 Å². The molecule has 0 aliphatic heterocycles. The van der Waals surface area contributed by atoms with Crippen LogP contribution >= 0.6 is 23.1 Å². The number of aromatic nitrogens is 2. The van der Waals surface area contributed by atoms with E-state index in [-0.39, 0.29) is 11.2 Å². The summed E-state index contributed by atoms with van der Waals surface area (Å²) in [5, 5.41) is 3.50. The fraction of sp³-hybridized carbons (Fsp3) is 0.278. The van der Waals surface area contributed by atoms with Crippen LogP contribution in [0.5, 0.6) is 5.75 Å². The zero-order valence-corrected chi connectivity index (χ0v) is 15.8. The molecule has 3 rings (SSSR count). The number of nitrogens with zero attached hydrogens (tertiary/aromatic N) is 2. The molecule has 0 spiro atoms. The predicted molar refractivity (Wildman–Crippen MR) is 101 cm³/mol. The van der Waals surface area contributed by atoms with E-state index < -0.39 is 0 Å². The zero-order chi connectivity index (χ0) is 17.8. The lowest BCUT2D eigenvalue weighted by Gasteiger charge is -2.11. The fourth-order valence-electron chi connectivity index (χ4n) is 2.40. The monoisotopic (exact) mass is 374 g/mol. The molecule has 0 fully saturated rings. The van der Waals surface area contributed by atoms with E-state index in [1.54, 1.807) is 25.4 Å². The maximum absolute atomic E-state index is 11.9. The molecule has 0 aliphatic rings. The van der Waals surface area contributed by atoms with Gasteiger partial charge in [0.05, 0.1) is 19.1 Å². The topological polar surface area (TPSA) is 61.3 Å². The smallest absolute Gasteiger partial charge is 0.319 e. The molecule has 2 aromatic heterocycles. The number of thioether (sulfide) groups is 1. The summed E-state index contributed by atoms with van der Waals surface area (Å²) in [5.41, 5.74) is 2.12. The third-order valence-corrected chi connectivity index (χ3v) is 5.61. The summed E-state index contributed by atoms with van der Waals surface area (Å²) in [6.07, 6.45) is 1.54. The third kappa shape index (κ3) is 3.77. The predicted octanol–water partition coefficient (Wildman–Crippen LogP) is 4.41. The van der Waals surface area contributed by atoms with Crippen LogP contribution in [0, 0.1) is 0 Å². The van der Waals surface area contributed by atoms with Gasteiger partial charge in [-0.2, -0.15) is 0 Å². The number of carbonyl (C=O) groups excluding carboxylic acids is 1. The Bertz CT molecular complexity index is 878. The number of esters is 1. The van der Waals surface area contributed by atoms with Crippen LogP contribution < -0.4 is 4.74 Å². The fourth-order valence-corrected chi connectivity index (χ4v) is 4.31. The number of hydrogen-bond donors (Lipinski definition) is 0. The van der Waals surface area contributed by atoms with Crippen molar-refractivity contribution in [3.8, 4) is 16.9 Å². The second-order valence-corrected chi connectivity index (χ2v) is 7.44. The average molecular weight is 374 g/mol. The largest absolute Gasteiger partial charge is 0.497 e. The second kappa shape index (κ2) is 7.84. The van der Waals surface area contributed by atoms with Gasteiger partial charge in [0.1, 0.15) is 27.2 Å². The minimum absolute atomic E-state index is 0.236. The Kier molecular flexibility index (Phi) is 5.55. The number of thiophene rings is 1. The Hall–Kier alpha value is -2.12. The van der Waals surface area contributed by atoms with E-state index >= 15 is 0 Å². The van der Waals surface area contributed by atoms with Crippen molar-refractivity contribution < 1.29 is 14.3 Å². The maximum atomic E-state index is 11.9. The Morgan fingerprint density at radius 1 is 1.28 bits per heavy atom. The van der Waals surface area contributed by atoms with Crippen LogP contribution in [-0.2, 0) is 9.53 Å². The SMILES string of the molecule is CCOC(=O)C(C)Sc1ncnc2scc(-c3ccc(OC)cc3)c12. The van der Waals surface area contributed by atoms with Crippen LogP contribution in [0.1, 0.15) is 13.8 Å². The lowest BCUT2D eigenvalue weighted by atomic mass is 10.1. The van der Waals surface area contributed by atoms with Crippen molar-refractivity contribution in [2.75, 3.05) is 13.7 Å². The van der Waals surface area contributed by atoms with Gasteiger partial charge < -0.3 is 9.47 Å². The van der Waals surface area contributed by atoms with E-state index in [0.717, 1.165) is 32.1 Å². The number of rotatable bonds is 6. The number of benzene rings is 1. The summed E-state index contributed by atoms with van der Waals surface area (Å²) in [4.78, 5) is 21.6. The molecule has 5 nitrogen and oxygen atoms in total. The summed E-state index contributed by atoms with van der Waals surface area (Å²) in [6, 6.07) is 7.88. The maximum Gasteiger partial charge on any atom is 0.319 e. The van der Waals surface area contributed by atoms with Crippen molar-refractivity contribution in [2.24, 2.45) is 0 Å². The molecule has 1 atom stereocenters. The second-order valence-electron chi connectivity index (χ2n) is 5.25. The molecule has 7 heteroatoms. The Morgan fingerprint density at radius 2 is 2.04 bits per heavy atom. The molecule has 2 heterocycles. The van der Waals surface area contributed by atoms with E-state index in [2.05, 4.69) is 15.3 Å². The molecule has 130 valence electrons. The van der Waals surface area contributed by atoms with Crippen molar-refractivity contribution in [1.29, 1.82) is 0 Å². The minimum atomic E-state index is -0.332.